The molecule has 6 heteroatoms. The van der Waals surface area contributed by atoms with Crippen LogP contribution in [0.1, 0.15) is 11.1 Å². The van der Waals surface area contributed by atoms with Crippen molar-refractivity contribution in [3.8, 4) is 23.0 Å². The molecule has 0 aliphatic carbocycles. The van der Waals surface area contributed by atoms with Crippen LogP contribution in [0.5, 0.6) is 23.0 Å². The van der Waals surface area contributed by atoms with Crippen molar-refractivity contribution in [2.45, 2.75) is 13.2 Å². The standard InChI is InChI=1S/2C8H8O3/c2*9-4-6-1-2-7-8(3-6)11-5-10-7/h2*1-3,9H,4-5H2. The molecule has 0 fully saturated rings. The fraction of sp³-hybridized carbons (Fsp3) is 0.250. The Balaban J connectivity index is 0.000000131. The van der Waals surface area contributed by atoms with E-state index in [4.69, 9.17) is 29.2 Å². The Morgan fingerprint density at radius 1 is 0.636 bits per heavy atom. The van der Waals surface area contributed by atoms with Gasteiger partial charge in [-0.25, -0.2) is 0 Å². The summed E-state index contributed by atoms with van der Waals surface area (Å²) >= 11 is 0. The van der Waals surface area contributed by atoms with Crippen molar-refractivity contribution in [2.24, 2.45) is 0 Å². The highest BCUT2D eigenvalue weighted by Gasteiger charge is 2.13. The lowest BCUT2D eigenvalue weighted by molar-refractivity contribution is 0.173. The van der Waals surface area contributed by atoms with Crippen molar-refractivity contribution >= 4 is 0 Å². The highest BCUT2D eigenvalue weighted by molar-refractivity contribution is 5.44. The third-order valence-corrected chi connectivity index (χ3v) is 3.24. The Bertz CT molecular complexity index is 598. The van der Waals surface area contributed by atoms with Gasteiger partial charge in [0.2, 0.25) is 13.6 Å². The lowest BCUT2D eigenvalue weighted by Crippen LogP contribution is -1.92. The molecule has 0 saturated carbocycles. The van der Waals surface area contributed by atoms with Crippen molar-refractivity contribution in [3.63, 3.8) is 0 Å². The van der Waals surface area contributed by atoms with Gasteiger partial charge < -0.3 is 29.2 Å². The molecule has 6 nitrogen and oxygen atoms in total. The van der Waals surface area contributed by atoms with E-state index in [0.717, 1.165) is 34.1 Å². The molecule has 2 aliphatic rings. The van der Waals surface area contributed by atoms with E-state index in [1.165, 1.54) is 0 Å². The minimum Gasteiger partial charge on any atom is -0.454 e. The highest BCUT2D eigenvalue weighted by atomic mass is 16.7. The van der Waals surface area contributed by atoms with Gasteiger partial charge in [-0.2, -0.15) is 0 Å². The third kappa shape index (κ3) is 3.08. The number of aliphatic hydroxyl groups excluding tert-OH is 2. The van der Waals surface area contributed by atoms with Gasteiger partial charge in [0, 0.05) is 0 Å². The molecule has 116 valence electrons. The molecule has 0 bridgehead atoms. The average molecular weight is 304 g/mol. The van der Waals surface area contributed by atoms with Gasteiger partial charge in [-0.3, -0.25) is 0 Å². The zero-order valence-electron chi connectivity index (χ0n) is 11.8. The van der Waals surface area contributed by atoms with Crippen LogP contribution in [0, 0.1) is 0 Å². The Morgan fingerprint density at radius 3 is 1.45 bits per heavy atom. The summed E-state index contributed by atoms with van der Waals surface area (Å²) in [4.78, 5) is 0. The van der Waals surface area contributed by atoms with E-state index in [1.807, 2.05) is 12.1 Å². The van der Waals surface area contributed by atoms with Crippen LogP contribution in [0.25, 0.3) is 0 Å². The minimum absolute atomic E-state index is 0.0383. The molecular weight excluding hydrogens is 288 g/mol. The number of benzene rings is 2. The first-order valence-corrected chi connectivity index (χ1v) is 6.79. The SMILES string of the molecule is OCc1ccc2c(c1)OCO2.OCc1ccc2c(c1)OCO2. The van der Waals surface area contributed by atoms with Crippen LogP contribution in [0.4, 0.5) is 0 Å². The van der Waals surface area contributed by atoms with Gasteiger partial charge in [0.05, 0.1) is 13.2 Å². The lowest BCUT2D eigenvalue weighted by Gasteiger charge is -1.97. The van der Waals surface area contributed by atoms with Crippen LogP contribution in [-0.2, 0) is 13.2 Å². The number of hydrogen-bond acceptors (Lipinski definition) is 6. The van der Waals surface area contributed by atoms with E-state index in [0.29, 0.717) is 0 Å². The summed E-state index contributed by atoms with van der Waals surface area (Å²) in [6.07, 6.45) is 0. The zero-order chi connectivity index (χ0) is 15.4. The van der Waals surface area contributed by atoms with E-state index in [2.05, 4.69) is 0 Å². The van der Waals surface area contributed by atoms with E-state index < -0.39 is 0 Å². The molecule has 4 rings (SSSR count). The molecule has 2 aliphatic heterocycles. The number of rotatable bonds is 2. The van der Waals surface area contributed by atoms with Crippen LogP contribution in [0.2, 0.25) is 0 Å². The molecule has 2 aromatic carbocycles. The first-order valence-electron chi connectivity index (χ1n) is 6.79. The topological polar surface area (TPSA) is 77.4 Å². The molecule has 0 amide bonds. The summed E-state index contributed by atoms with van der Waals surface area (Å²) in [6, 6.07) is 10.8. The third-order valence-electron chi connectivity index (χ3n) is 3.24. The largest absolute Gasteiger partial charge is 0.454 e. The highest BCUT2D eigenvalue weighted by Crippen LogP contribution is 2.33. The van der Waals surface area contributed by atoms with Gasteiger partial charge in [-0.05, 0) is 35.4 Å². The van der Waals surface area contributed by atoms with Crippen LogP contribution in [-0.4, -0.2) is 23.8 Å². The Kier molecular flexibility index (Phi) is 4.32. The van der Waals surface area contributed by atoms with E-state index in [-0.39, 0.29) is 26.8 Å². The quantitative estimate of drug-likeness (QED) is 0.881. The van der Waals surface area contributed by atoms with E-state index in [1.54, 1.807) is 24.3 Å². The van der Waals surface area contributed by atoms with Crippen LogP contribution < -0.4 is 18.9 Å². The molecule has 2 aromatic rings. The smallest absolute Gasteiger partial charge is 0.231 e. The van der Waals surface area contributed by atoms with Crippen molar-refractivity contribution in [3.05, 3.63) is 47.5 Å². The van der Waals surface area contributed by atoms with Gasteiger partial charge in [0.25, 0.3) is 0 Å². The van der Waals surface area contributed by atoms with Gasteiger partial charge in [-0.15, -0.1) is 0 Å². The van der Waals surface area contributed by atoms with Crippen molar-refractivity contribution in [2.75, 3.05) is 13.6 Å². The molecule has 0 radical (unpaired) electrons. The first-order chi connectivity index (χ1) is 10.8. The predicted molar refractivity (Wildman–Crippen MR) is 77.0 cm³/mol. The summed E-state index contributed by atoms with van der Waals surface area (Å²) in [5.41, 5.74) is 1.68. The molecule has 0 atom stereocenters. The number of fused-ring (bicyclic) bond motifs is 2. The average Bonchev–Trinajstić information content (AvgIpc) is 3.22. The summed E-state index contributed by atoms with van der Waals surface area (Å²) in [7, 11) is 0. The van der Waals surface area contributed by atoms with Crippen LogP contribution >= 0.6 is 0 Å². The summed E-state index contributed by atoms with van der Waals surface area (Å²) in [6.45, 7) is 0.641. The maximum Gasteiger partial charge on any atom is 0.231 e. The number of hydrogen-bond donors (Lipinski definition) is 2. The fourth-order valence-corrected chi connectivity index (χ4v) is 2.08. The first kappa shape index (κ1) is 14.5. The van der Waals surface area contributed by atoms with Crippen molar-refractivity contribution in [1.29, 1.82) is 0 Å². The van der Waals surface area contributed by atoms with Gasteiger partial charge in [0.15, 0.2) is 23.0 Å². The molecule has 0 saturated heterocycles. The van der Waals surface area contributed by atoms with E-state index in [9.17, 15) is 0 Å². The predicted octanol–water partition coefficient (Wildman–Crippen LogP) is 1.82. The summed E-state index contributed by atoms with van der Waals surface area (Å²) in [5.74, 6) is 2.94. The fourth-order valence-electron chi connectivity index (χ4n) is 2.08. The summed E-state index contributed by atoms with van der Waals surface area (Å²) in [5, 5.41) is 17.5. The molecule has 0 unspecified atom stereocenters. The van der Waals surface area contributed by atoms with Gasteiger partial charge in [0.1, 0.15) is 0 Å². The second-order valence-corrected chi connectivity index (χ2v) is 4.69. The Hall–Kier alpha value is -2.44. The lowest BCUT2D eigenvalue weighted by atomic mass is 10.2. The van der Waals surface area contributed by atoms with Crippen LogP contribution in [0.3, 0.4) is 0 Å². The molecule has 0 aromatic heterocycles. The molecule has 2 N–H and O–H groups in total. The second-order valence-electron chi connectivity index (χ2n) is 4.69. The Labute approximate surface area is 127 Å². The van der Waals surface area contributed by atoms with E-state index >= 15 is 0 Å². The molecular formula is C16H16O6. The molecule has 0 spiro atoms. The number of ether oxygens (including phenoxy) is 4. The number of aliphatic hydroxyl groups is 2. The van der Waals surface area contributed by atoms with Crippen molar-refractivity contribution < 1.29 is 29.2 Å². The van der Waals surface area contributed by atoms with Gasteiger partial charge >= 0.3 is 0 Å². The molecule has 2 heterocycles. The second kappa shape index (κ2) is 6.55. The summed E-state index contributed by atoms with van der Waals surface area (Å²) < 4.78 is 20.4. The maximum absolute atomic E-state index is 8.77. The zero-order valence-corrected chi connectivity index (χ0v) is 11.8. The monoisotopic (exact) mass is 304 g/mol. The Morgan fingerprint density at radius 2 is 1.05 bits per heavy atom. The minimum atomic E-state index is 0.0383. The van der Waals surface area contributed by atoms with Gasteiger partial charge in [-0.1, -0.05) is 12.1 Å². The normalized spacial score (nSPS) is 13.5. The van der Waals surface area contributed by atoms with Crippen molar-refractivity contribution in [1.82, 2.24) is 0 Å². The molecule has 22 heavy (non-hydrogen) atoms. The van der Waals surface area contributed by atoms with Crippen LogP contribution in [0.15, 0.2) is 36.4 Å². The maximum atomic E-state index is 8.77.